The lowest BCUT2D eigenvalue weighted by atomic mass is 10.1. The van der Waals surface area contributed by atoms with Crippen molar-refractivity contribution in [1.82, 2.24) is 10.3 Å². The van der Waals surface area contributed by atoms with Crippen LogP contribution in [-0.2, 0) is 9.59 Å². The molecule has 0 saturated heterocycles. The van der Waals surface area contributed by atoms with Gasteiger partial charge in [-0.3, -0.25) is 14.4 Å². The highest BCUT2D eigenvalue weighted by molar-refractivity contribution is 8.00. The predicted molar refractivity (Wildman–Crippen MR) is 206 cm³/mol. The fraction of sp³-hybridized carbons (Fsp3) is 0.0500. The quantitative estimate of drug-likeness (QED) is 0.0856. The minimum atomic E-state index is -0.592. The molecule has 0 aliphatic carbocycles. The highest BCUT2D eigenvalue weighted by Gasteiger charge is 2.24. The third-order valence-corrected chi connectivity index (χ3v) is 9.77. The number of nitrogens with zero attached hydrogens (tertiary/aromatic N) is 1. The van der Waals surface area contributed by atoms with Crippen LogP contribution in [-0.4, -0.2) is 29.8 Å². The van der Waals surface area contributed by atoms with E-state index in [2.05, 4.69) is 20.9 Å². The number of ether oxygens (including phenoxy) is 1. The number of anilines is 2. The van der Waals surface area contributed by atoms with Crippen LogP contribution in [0.3, 0.4) is 0 Å². The molecule has 1 atom stereocenters. The van der Waals surface area contributed by atoms with Crippen molar-refractivity contribution in [1.29, 1.82) is 0 Å². The van der Waals surface area contributed by atoms with E-state index < -0.39 is 17.1 Å². The standard InChI is InChI=1S/C40H31ClN4O4S2/c1-49-35-18-9-8-17-32(35)34-25-50-40(44-34)45-39(48)36(27-12-4-2-5-13-27)51-31-21-19-30(20-22-31)42-38(47)33(24-26-11-10-16-29(41)23-26)43-37(46)28-14-6-3-7-15-28/h2-25,36H,1H3,(H,42,47)(H,43,46)(H,44,45,48)/b33-24-. The number of carbonyl (C=O) groups is 3. The number of thiazole rings is 1. The third kappa shape index (κ3) is 9.31. The van der Waals surface area contributed by atoms with E-state index in [-0.39, 0.29) is 11.6 Å². The van der Waals surface area contributed by atoms with Crippen molar-refractivity contribution in [3.05, 3.63) is 166 Å². The Morgan fingerprint density at radius 3 is 2.25 bits per heavy atom. The first-order valence-electron chi connectivity index (χ1n) is 15.7. The first-order chi connectivity index (χ1) is 24.9. The summed E-state index contributed by atoms with van der Waals surface area (Å²) in [5.74, 6) is -0.473. The summed E-state index contributed by atoms with van der Waals surface area (Å²) in [5.41, 5.74) is 3.97. The lowest BCUT2D eigenvalue weighted by Crippen LogP contribution is -2.30. The van der Waals surface area contributed by atoms with Crippen molar-refractivity contribution >= 4 is 69.3 Å². The van der Waals surface area contributed by atoms with E-state index in [1.807, 2.05) is 78.2 Å². The normalized spacial score (nSPS) is 11.7. The van der Waals surface area contributed by atoms with Gasteiger partial charge in [-0.2, -0.15) is 0 Å². The van der Waals surface area contributed by atoms with Gasteiger partial charge >= 0.3 is 0 Å². The Labute approximate surface area is 308 Å². The third-order valence-electron chi connectivity index (χ3n) is 7.51. The molecular formula is C40H31ClN4O4S2. The molecule has 0 aliphatic heterocycles. The van der Waals surface area contributed by atoms with Crippen LogP contribution in [0.5, 0.6) is 5.75 Å². The summed E-state index contributed by atoms with van der Waals surface area (Å²) in [6.45, 7) is 0. The van der Waals surface area contributed by atoms with Crippen LogP contribution in [0, 0.1) is 0 Å². The number of nitrogens with one attached hydrogen (secondary N) is 3. The molecule has 0 bridgehead atoms. The molecule has 3 amide bonds. The molecule has 51 heavy (non-hydrogen) atoms. The molecule has 0 spiro atoms. The molecule has 0 radical (unpaired) electrons. The maximum atomic E-state index is 13.7. The Balaban J connectivity index is 1.17. The molecule has 3 N–H and O–H groups in total. The van der Waals surface area contributed by atoms with Crippen LogP contribution in [0.25, 0.3) is 17.3 Å². The number of hydrogen-bond donors (Lipinski definition) is 3. The van der Waals surface area contributed by atoms with E-state index >= 15 is 0 Å². The van der Waals surface area contributed by atoms with Crippen LogP contribution in [0.2, 0.25) is 5.02 Å². The largest absolute Gasteiger partial charge is 0.496 e. The zero-order valence-corrected chi connectivity index (χ0v) is 29.6. The highest BCUT2D eigenvalue weighted by Crippen LogP contribution is 2.38. The number of aromatic nitrogens is 1. The number of amides is 3. The maximum Gasteiger partial charge on any atom is 0.272 e. The van der Waals surface area contributed by atoms with Gasteiger partial charge in [-0.25, -0.2) is 4.98 Å². The smallest absolute Gasteiger partial charge is 0.272 e. The molecule has 0 aliphatic rings. The molecular weight excluding hydrogens is 700 g/mol. The molecule has 0 saturated carbocycles. The summed E-state index contributed by atoms with van der Waals surface area (Å²) in [5, 5.41) is 10.9. The molecule has 6 rings (SSSR count). The molecule has 0 fully saturated rings. The van der Waals surface area contributed by atoms with Crippen molar-refractivity contribution in [2.24, 2.45) is 0 Å². The number of methoxy groups -OCH3 is 1. The van der Waals surface area contributed by atoms with Crippen LogP contribution < -0.4 is 20.7 Å². The van der Waals surface area contributed by atoms with E-state index in [1.54, 1.807) is 73.8 Å². The summed E-state index contributed by atoms with van der Waals surface area (Å²) in [4.78, 5) is 45.7. The van der Waals surface area contributed by atoms with Crippen LogP contribution in [0.15, 0.2) is 149 Å². The van der Waals surface area contributed by atoms with Crippen molar-refractivity contribution in [3.8, 4) is 17.0 Å². The number of para-hydroxylation sites is 1. The van der Waals surface area contributed by atoms with E-state index in [1.165, 1.54) is 23.1 Å². The topological polar surface area (TPSA) is 109 Å². The van der Waals surface area contributed by atoms with Gasteiger partial charge in [0.1, 0.15) is 16.7 Å². The Hall–Kier alpha value is -5.68. The van der Waals surface area contributed by atoms with Crippen molar-refractivity contribution in [2.45, 2.75) is 10.1 Å². The summed E-state index contributed by atoms with van der Waals surface area (Å²) in [7, 11) is 1.61. The minimum Gasteiger partial charge on any atom is -0.496 e. The van der Waals surface area contributed by atoms with E-state index in [0.717, 1.165) is 16.0 Å². The molecule has 1 unspecified atom stereocenters. The second-order valence-electron chi connectivity index (χ2n) is 11.0. The monoisotopic (exact) mass is 730 g/mol. The van der Waals surface area contributed by atoms with Crippen molar-refractivity contribution < 1.29 is 19.1 Å². The van der Waals surface area contributed by atoms with E-state index in [0.29, 0.717) is 38.4 Å². The number of halogens is 1. The average molecular weight is 731 g/mol. The van der Waals surface area contributed by atoms with Gasteiger partial charge in [0, 0.05) is 32.1 Å². The van der Waals surface area contributed by atoms with Crippen LogP contribution in [0.4, 0.5) is 10.8 Å². The fourth-order valence-electron chi connectivity index (χ4n) is 5.04. The zero-order valence-electron chi connectivity index (χ0n) is 27.2. The molecule has 5 aromatic carbocycles. The van der Waals surface area contributed by atoms with Gasteiger partial charge in [0.05, 0.1) is 12.8 Å². The first-order valence-corrected chi connectivity index (χ1v) is 17.9. The van der Waals surface area contributed by atoms with Crippen molar-refractivity contribution in [3.63, 3.8) is 0 Å². The fourth-order valence-corrected chi connectivity index (χ4v) is 6.98. The van der Waals surface area contributed by atoms with Gasteiger partial charge in [-0.1, -0.05) is 84.4 Å². The van der Waals surface area contributed by atoms with E-state index in [4.69, 9.17) is 16.3 Å². The SMILES string of the molecule is COc1ccccc1-c1csc(NC(=O)C(Sc2ccc(NC(=O)/C(=C/c3cccc(Cl)c3)NC(=O)c3ccccc3)cc2)c2ccccc2)n1. The number of carbonyl (C=O) groups excluding carboxylic acids is 3. The van der Waals surface area contributed by atoms with E-state index in [9.17, 15) is 14.4 Å². The predicted octanol–water partition coefficient (Wildman–Crippen LogP) is 9.35. The van der Waals surface area contributed by atoms with Crippen LogP contribution in [0.1, 0.15) is 26.7 Å². The molecule has 8 nitrogen and oxygen atoms in total. The highest BCUT2D eigenvalue weighted by atomic mass is 35.5. The number of rotatable bonds is 12. The Morgan fingerprint density at radius 1 is 0.824 bits per heavy atom. The number of hydrogen-bond acceptors (Lipinski definition) is 7. The van der Waals surface area contributed by atoms with Gasteiger partial charge in [0.25, 0.3) is 11.8 Å². The lowest BCUT2D eigenvalue weighted by Gasteiger charge is -2.17. The maximum absolute atomic E-state index is 13.7. The Kier molecular flexibility index (Phi) is 11.6. The van der Waals surface area contributed by atoms with Gasteiger partial charge in [-0.05, 0) is 77.9 Å². The molecule has 6 aromatic rings. The van der Waals surface area contributed by atoms with Gasteiger partial charge in [0.2, 0.25) is 5.91 Å². The van der Waals surface area contributed by atoms with Gasteiger partial charge in [-0.15, -0.1) is 23.1 Å². The molecule has 254 valence electrons. The number of thioether (sulfide) groups is 1. The Bertz CT molecular complexity index is 2170. The summed E-state index contributed by atoms with van der Waals surface area (Å²) in [6.07, 6.45) is 1.57. The second-order valence-corrected chi connectivity index (χ2v) is 13.5. The lowest BCUT2D eigenvalue weighted by molar-refractivity contribution is -0.116. The minimum absolute atomic E-state index is 0.0430. The van der Waals surface area contributed by atoms with Gasteiger partial charge < -0.3 is 20.7 Å². The Morgan fingerprint density at radius 2 is 1.53 bits per heavy atom. The van der Waals surface area contributed by atoms with Crippen molar-refractivity contribution in [2.75, 3.05) is 17.7 Å². The molecule has 1 aromatic heterocycles. The second kappa shape index (κ2) is 16.8. The first kappa shape index (κ1) is 35.2. The number of benzene rings is 5. The molecule has 11 heteroatoms. The zero-order chi connectivity index (χ0) is 35.6. The summed E-state index contributed by atoms with van der Waals surface area (Å²) < 4.78 is 5.48. The average Bonchev–Trinajstić information content (AvgIpc) is 3.63. The summed E-state index contributed by atoms with van der Waals surface area (Å²) in [6, 6.07) is 39.9. The van der Waals surface area contributed by atoms with Crippen LogP contribution >= 0.6 is 34.7 Å². The summed E-state index contributed by atoms with van der Waals surface area (Å²) >= 11 is 8.88. The van der Waals surface area contributed by atoms with Gasteiger partial charge in [0.15, 0.2) is 5.13 Å². The molecule has 1 heterocycles.